The van der Waals surface area contributed by atoms with Gasteiger partial charge in [-0.15, -0.1) is 0 Å². The highest BCUT2D eigenvalue weighted by molar-refractivity contribution is 5.70. The van der Waals surface area contributed by atoms with Crippen LogP contribution in [-0.2, 0) is 4.79 Å². The van der Waals surface area contributed by atoms with E-state index >= 15 is 0 Å². The van der Waals surface area contributed by atoms with Crippen LogP contribution in [0.2, 0.25) is 0 Å². The molecule has 0 saturated heterocycles. The van der Waals surface area contributed by atoms with E-state index in [1.165, 1.54) is 12.8 Å². The smallest absolute Gasteiger partial charge is 0.306 e. The molecule has 4 heteroatoms. The van der Waals surface area contributed by atoms with Gasteiger partial charge in [-0.2, -0.15) is 0 Å². The fourth-order valence-electron chi connectivity index (χ4n) is 3.19. The summed E-state index contributed by atoms with van der Waals surface area (Å²) in [6.07, 6.45) is 4.79. The van der Waals surface area contributed by atoms with E-state index in [4.69, 9.17) is 5.11 Å². The van der Waals surface area contributed by atoms with E-state index in [2.05, 4.69) is 25.7 Å². The minimum Gasteiger partial charge on any atom is -0.481 e. The summed E-state index contributed by atoms with van der Waals surface area (Å²) in [6.45, 7) is 9.24. The fourth-order valence-corrected chi connectivity index (χ4v) is 3.19. The summed E-state index contributed by atoms with van der Waals surface area (Å²) in [6, 6.07) is 0. The SMILES string of the molecule is CCC(CC)CN(CC)CC1(O)CCC(C(=O)O)CC1. The molecule has 20 heavy (non-hydrogen) atoms. The summed E-state index contributed by atoms with van der Waals surface area (Å²) in [5.41, 5.74) is -0.687. The molecule has 1 fully saturated rings. The Labute approximate surface area is 123 Å². The van der Waals surface area contributed by atoms with Crippen LogP contribution in [-0.4, -0.2) is 46.3 Å². The number of hydrogen-bond acceptors (Lipinski definition) is 3. The summed E-state index contributed by atoms with van der Waals surface area (Å²) in [7, 11) is 0. The Kier molecular flexibility index (Phi) is 6.96. The Morgan fingerprint density at radius 3 is 2.20 bits per heavy atom. The van der Waals surface area contributed by atoms with Crippen molar-refractivity contribution in [2.75, 3.05) is 19.6 Å². The number of aliphatic carboxylic acids is 1. The second-order valence-electron chi connectivity index (χ2n) is 6.35. The Balaban J connectivity index is 2.50. The molecule has 118 valence electrons. The van der Waals surface area contributed by atoms with E-state index in [9.17, 15) is 9.90 Å². The monoisotopic (exact) mass is 285 g/mol. The minimum atomic E-state index is -0.712. The van der Waals surface area contributed by atoms with E-state index in [0.717, 1.165) is 13.1 Å². The molecule has 1 aliphatic carbocycles. The molecule has 0 aromatic carbocycles. The van der Waals surface area contributed by atoms with Gasteiger partial charge in [0.2, 0.25) is 0 Å². The summed E-state index contributed by atoms with van der Waals surface area (Å²) in [5, 5.41) is 19.7. The van der Waals surface area contributed by atoms with Gasteiger partial charge in [-0.3, -0.25) is 4.79 Å². The average Bonchev–Trinajstić information content (AvgIpc) is 2.43. The van der Waals surface area contributed by atoms with Gasteiger partial charge in [0, 0.05) is 13.1 Å². The van der Waals surface area contributed by atoms with Gasteiger partial charge in [-0.05, 0) is 38.1 Å². The third kappa shape index (κ3) is 5.06. The Hall–Kier alpha value is -0.610. The summed E-state index contributed by atoms with van der Waals surface area (Å²) in [5.74, 6) is -0.283. The van der Waals surface area contributed by atoms with E-state index in [-0.39, 0.29) is 5.92 Å². The molecule has 0 radical (unpaired) electrons. The first-order chi connectivity index (χ1) is 9.44. The van der Waals surface area contributed by atoms with Crippen molar-refractivity contribution in [2.45, 2.75) is 64.9 Å². The molecule has 2 N–H and O–H groups in total. The second-order valence-corrected chi connectivity index (χ2v) is 6.35. The van der Waals surface area contributed by atoms with Gasteiger partial charge in [-0.1, -0.05) is 33.6 Å². The molecular formula is C16H31NO3. The number of carboxylic acid groups (broad SMARTS) is 1. The van der Waals surface area contributed by atoms with Crippen LogP contribution in [0.1, 0.15) is 59.3 Å². The minimum absolute atomic E-state index is 0.260. The lowest BCUT2D eigenvalue weighted by Gasteiger charge is -2.39. The van der Waals surface area contributed by atoms with Crippen molar-refractivity contribution < 1.29 is 15.0 Å². The number of hydrogen-bond donors (Lipinski definition) is 2. The molecule has 4 nitrogen and oxygen atoms in total. The zero-order valence-electron chi connectivity index (χ0n) is 13.3. The van der Waals surface area contributed by atoms with E-state index in [0.29, 0.717) is 38.1 Å². The zero-order chi connectivity index (χ0) is 15.2. The van der Waals surface area contributed by atoms with Crippen molar-refractivity contribution in [1.29, 1.82) is 0 Å². The van der Waals surface area contributed by atoms with Crippen LogP contribution >= 0.6 is 0 Å². The lowest BCUT2D eigenvalue weighted by molar-refractivity contribution is -0.145. The van der Waals surface area contributed by atoms with Crippen LogP contribution in [0, 0.1) is 11.8 Å². The van der Waals surface area contributed by atoms with E-state index < -0.39 is 11.6 Å². The van der Waals surface area contributed by atoms with Crippen molar-refractivity contribution >= 4 is 5.97 Å². The molecule has 0 amide bonds. The van der Waals surface area contributed by atoms with Gasteiger partial charge < -0.3 is 15.1 Å². The molecule has 0 aliphatic heterocycles. The highest BCUT2D eigenvalue weighted by atomic mass is 16.4. The Bertz CT molecular complexity index is 294. The molecule has 0 heterocycles. The van der Waals surface area contributed by atoms with Gasteiger partial charge in [0.1, 0.15) is 0 Å². The van der Waals surface area contributed by atoms with Gasteiger partial charge in [0.25, 0.3) is 0 Å². The molecule has 1 aliphatic rings. The topological polar surface area (TPSA) is 60.8 Å². The maximum absolute atomic E-state index is 11.0. The predicted octanol–water partition coefficient (Wildman–Crippen LogP) is 2.75. The molecule has 1 saturated carbocycles. The number of carbonyl (C=O) groups is 1. The molecule has 0 aromatic heterocycles. The zero-order valence-corrected chi connectivity index (χ0v) is 13.3. The quantitative estimate of drug-likeness (QED) is 0.720. The normalized spacial score (nSPS) is 27.2. The summed E-state index contributed by atoms with van der Waals surface area (Å²) >= 11 is 0. The highest BCUT2D eigenvalue weighted by Gasteiger charge is 2.36. The number of carboxylic acids is 1. The van der Waals surface area contributed by atoms with Gasteiger partial charge in [0.15, 0.2) is 0 Å². The van der Waals surface area contributed by atoms with Crippen molar-refractivity contribution in [3.05, 3.63) is 0 Å². The molecule has 0 bridgehead atoms. The van der Waals surface area contributed by atoms with Gasteiger partial charge >= 0.3 is 5.97 Å². The molecule has 0 atom stereocenters. The molecule has 0 unspecified atom stereocenters. The Morgan fingerprint density at radius 1 is 1.25 bits per heavy atom. The van der Waals surface area contributed by atoms with Crippen LogP contribution in [0.5, 0.6) is 0 Å². The fraction of sp³-hybridized carbons (Fsp3) is 0.938. The van der Waals surface area contributed by atoms with Crippen LogP contribution in [0.15, 0.2) is 0 Å². The van der Waals surface area contributed by atoms with Crippen molar-refractivity contribution in [2.24, 2.45) is 11.8 Å². The first kappa shape index (κ1) is 17.4. The van der Waals surface area contributed by atoms with Crippen LogP contribution < -0.4 is 0 Å². The average molecular weight is 285 g/mol. The van der Waals surface area contributed by atoms with Crippen molar-refractivity contribution in [1.82, 2.24) is 4.90 Å². The third-order valence-electron chi connectivity index (χ3n) is 4.90. The number of likely N-dealkylation sites (N-methyl/N-ethyl adjacent to an activating group) is 1. The third-order valence-corrected chi connectivity index (χ3v) is 4.90. The predicted molar refractivity (Wildman–Crippen MR) is 80.7 cm³/mol. The molecule has 0 spiro atoms. The maximum Gasteiger partial charge on any atom is 0.306 e. The summed E-state index contributed by atoms with van der Waals surface area (Å²) in [4.78, 5) is 13.3. The van der Waals surface area contributed by atoms with Crippen LogP contribution in [0.3, 0.4) is 0 Å². The van der Waals surface area contributed by atoms with Gasteiger partial charge in [-0.25, -0.2) is 0 Å². The second kappa shape index (κ2) is 7.99. The summed E-state index contributed by atoms with van der Waals surface area (Å²) < 4.78 is 0. The first-order valence-electron chi connectivity index (χ1n) is 8.11. The maximum atomic E-state index is 11.0. The Morgan fingerprint density at radius 2 is 1.80 bits per heavy atom. The lowest BCUT2D eigenvalue weighted by Crippen LogP contribution is -2.47. The standard InChI is InChI=1S/C16H31NO3/c1-4-13(5-2)11-17(6-3)12-16(20)9-7-14(8-10-16)15(18)19/h13-14,20H,4-12H2,1-3H3,(H,18,19). The molecule has 0 aromatic rings. The molecular weight excluding hydrogens is 254 g/mol. The highest BCUT2D eigenvalue weighted by Crippen LogP contribution is 2.33. The molecule has 1 rings (SSSR count). The number of aliphatic hydroxyl groups is 1. The van der Waals surface area contributed by atoms with Crippen molar-refractivity contribution in [3.63, 3.8) is 0 Å². The lowest BCUT2D eigenvalue weighted by atomic mass is 9.78. The largest absolute Gasteiger partial charge is 0.481 e. The van der Waals surface area contributed by atoms with Gasteiger partial charge in [0.05, 0.1) is 11.5 Å². The number of nitrogens with zero attached hydrogens (tertiary/aromatic N) is 1. The van der Waals surface area contributed by atoms with E-state index in [1.54, 1.807) is 0 Å². The number of rotatable bonds is 8. The van der Waals surface area contributed by atoms with Crippen LogP contribution in [0.4, 0.5) is 0 Å². The van der Waals surface area contributed by atoms with Crippen LogP contribution in [0.25, 0.3) is 0 Å². The van der Waals surface area contributed by atoms with Crippen molar-refractivity contribution in [3.8, 4) is 0 Å². The van der Waals surface area contributed by atoms with E-state index in [1.807, 2.05) is 0 Å². The first-order valence-corrected chi connectivity index (χ1v) is 8.11.